The number of hydrogen-bond donors (Lipinski definition) is 9. The van der Waals surface area contributed by atoms with E-state index in [9.17, 15) is 46.0 Å². The summed E-state index contributed by atoms with van der Waals surface area (Å²) in [4.78, 5) is 0. The van der Waals surface area contributed by atoms with Gasteiger partial charge in [0, 0.05) is 12.3 Å². The van der Waals surface area contributed by atoms with Gasteiger partial charge in [-0.3, -0.25) is 0 Å². The Hall–Kier alpha value is -0.940. The van der Waals surface area contributed by atoms with Crippen molar-refractivity contribution in [3.05, 3.63) is 11.6 Å². The highest BCUT2D eigenvalue weighted by molar-refractivity contribution is 5.26. The number of fused-ring (bicyclic) bond motifs is 7. The fourth-order valence-corrected chi connectivity index (χ4v) is 14.0. The Morgan fingerprint density at radius 2 is 1.35 bits per heavy atom. The van der Waals surface area contributed by atoms with Crippen LogP contribution in [-0.2, 0) is 37.9 Å². The van der Waals surface area contributed by atoms with E-state index in [2.05, 4.69) is 33.8 Å². The number of hydrogen-bond acceptors (Lipinski definition) is 17. The maximum Gasteiger partial charge on any atom is 0.187 e. The van der Waals surface area contributed by atoms with E-state index in [1.54, 1.807) is 0 Å². The normalized spacial score (nSPS) is 57.6. The molecule has 5 heterocycles. The first-order chi connectivity index (χ1) is 29.4. The molecule has 3 saturated carbocycles. The molecular weight excluding hydrogens is 812 g/mol. The van der Waals surface area contributed by atoms with E-state index in [1.807, 2.05) is 0 Å². The lowest BCUT2D eigenvalue weighted by atomic mass is 9.47. The predicted molar refractivity (Wildman–Crippen MR) is 214 cm³/mol. The summed E-state index contributed by atoms with van der Waals surface area (Å²) < 4.78 is 49.9. The number of allylic oxidation sites excluding steroid dienone is 1. The first kappa shape index (κ1) is 46.2. The van der Waals surface area contributed by atoms with Crippen molar-refractivity contribution < 1.29 is 83.9 Å². The number of aliphatic hydroxyl groups excluding tert-OH is 9. The molecule has 1 spiro atoms. The first-order valence-electron chi connectivity index (χ1n) is 23.4. The van der Waals surface area contributed by atoms with Crippen LogP contribution in [0.4, 0.5) is 0 Å². The maximum atomic E-state index is 12.0. The largest absolute Gasteiger partial charge is 0.394 e. The van der Waals surface area contributed by atoms with Crippen LogP contribution in [0.3, 0.4) is 0 Å². The number of ether oxygens (including phenoxy) is 8. The molecule has 8 unspecified atom stereocenters. The van der Waals surface area contributed by atoms with Crippen molar-refractivity contribution in [1.82, 2.24) is 0 Å². The molecule has 0 bridgehead atoms. The summed E-state index contributed by atoms with van der Waals surface area (Å²) in [6.07, 6.45) is -12.0. The van der Waals surface area contributed by atoms with Gasteiger partial charge in [-0.2, -0.15) is 0 Å². The summed E-state index contributed by atoms with van der Waals surface area (Å²) >= 11 is 0. The van der Waals surface area contributed by atoms with Gasteiger partial charge in [-0.15, -0.1) is 0 Å². The van der Waals surface area contributed by atoms with Crippen molar-refractivity contribution in [2.45, 2.75) is 203 Å². The third-order valence-electron chi connectivity index (χ3n) is 17.7. The zero-order valence-corrected chi connectivity index (χ0v) is 36.6. The molecule has 5 saturated heterocycles. The van der Waals surface area contributed by atoms with Gasteiger partial charge in [0.15, 0.2) is 24.7 Å². The van der Waals surface area contributed by atoms with Crippen molar-refractivity contribution >= 4 is 0 Å². The summed E-state index contributed by atoms with van der Waals surface area (Å²) in [6.45, 7) is 10.4. The number of aliphatic hydroxyl groups is 9. The van der Waals surface area contributed by atoms with Crippen LogP contribution in [-0.4, -0.2) is 176 Å². The molecule has 0 aromatic rings. The molecule has 17 heteroatoms. The standard InChI is InChI=1S/C45H72O17/c1-19-8-13-45(55-18-19)20(2)30-27(62-45)15-26-24-7-6-22-14-23(9-11-43(22,4)25(24)10-12-44(26,30)5)57-42-39(61-40-35(52)33(50)31(48)21(3)56-40)37(54)38(29(17-47)59-42)60-41-36(53)34(51)32(49)28(16-46)58-41/h6,19-21,23-42,46-54H,7-18H2,1-5H3/t19?,20?,21-,23-,24?,25?,26?,27?,28+,29+,30?,31+,32+,33+,34-,35+,36+,37-,38+,39+,40-,41-,42+,43-,44-,45?/m0/s1. The lowest BCUT2D eigenvalue weighted by Crippen LogP contribution is -2.67. The molecule has 26 atom stereocenters. The highest BCUT2D eigenvalue weighted by Gasteiger charge is 2.69. The summed E-state index contributed by atoms with van der Waals surface area (Å²) in [7, 11) is 0. The third kappa shape index (κ3) is 7.49. The summed E-state index contributed by atoms with van der Waals surface area (Å²) in [5, 5.41) is 95.7. The van der Waals surface area contributed by atoms with Gasteiger partial charge in [-0.05, 0) is 98.7 Å². The summed E-state index contributed by atoms with van der Waals surface area (Å²) in [5.74, 6) is 2.56. The van der Waals surface area contributed by atoms with Gasteiger partial charge in [0.2, 0.25) is 0 Å². The smallest absolute Gasteiger partial charge is 0.187 e. The van der Waals surface area contributed by atoms with Crippen LogP contribution in [0, 0.1) is 46.3 Å². The van der Waals surface area contributed by atoms with Crippen molar-refractivity contribution in [2.24, 2.45) is 46.3 Å². The average molecular weight is 885 g/mol. The Balaban J connectivity index is 0.917. The Kier molecular flexibility index (Phi) is 12.9. The lowest BCUT2D eigenvalue weighted by Gasteiger charge is -2.58. The maximum absolute atomic E-state index is 12.0. The zero-order chi connectivity index (χ0) is 44.2. The molecular formula is C45H72O17. The SMILES string of the molecule is CC1CCC2(OC1)OC1CC3C4CC=C5C[C@@H](O[C@@H]6O[C@H](CO)[C@@H](O[C@@H]7O[C@H](CO)[C@@H](O)[C@H](O)[C@H]7O)[C@H](O)[C@H]6O[C@@H]6O[C@@H](C)[C@@H](O)[C@@H](O)[C@H]6O)CC[C@]5(C)C4CC[C@]3(C)C1C2C. The van der Waals surface area contributed by atoms with Crippen LogP contribution in [0.1, 0.15) is 92.4 Å². The van der Waals surface area contributed by atoms with E-state index in [0.29, 0.717) is 48.3 Å². The van der Waals surface area contributed by atoms with Crippen LogP contribution in [0.25, 0.3) is 0 Å². The van der Waals surface area contributed by atoms with Gasteiger partial charge in [-0.1, -0.05) is 39.3 Å². The highest BCUT2D eigenvalue weighted by atomic mass is 16.8. The highest BCUT2D eigenvalue weighted by Crippen LogP contribution is 2.70. The minimum absolute atomic E-state index is 0.0356. The molecule has 9 rings (SSSR count). The summed E-state index contributed by atoms with van der Waals surface area (Å²) in [6, 6.07) is 0. The third-order valence-corrected chi connectivity index (χ3v) is 17.7. The fourth-order valence-electron chi connectivity index (χ4n) is 14.0. The van der Waals surface area contributed by atoms with Crippen molar-refractivity contribution in [2.75, 3.05) is 19.8 Å². The fraction of sp³-hybridized carbons (Fsp3) is 0.956. The number of rotatable bonds is 8. The quantitative estimate of drug-likeness (QED) is 0.148. The second-order valence-electron chi connectivity index (χ2n) is 21.1. The molecule has 9 N–H and O–H groups in total. The van der Waals surface area contributed by atoms with Crippen molar-refractivity contribution in [1.29, 1.82) is 0 Å². The van der Waals surface area contributed by atoms with Crippen LogP contribution >= 0.6 is 0 Å². The Labute approximate surface area is 363 Å². The molecule has 0 amide bonds. The van der Waals surface area contributed by atoms with E-state index in [-0.39, 0.29) is 23.0 Å². The Bertz CT molecular complexity index is 1610. The molecule has 354 valence electrons. The van der Waals surface area contributed by atoms with Gasteiger partial charge in [0.05, 0.1) is 38.1 Å². The topological polar surface area (TPSA) is 256 Å². The van der Waals surface area contributed by atoms with Crippen LogP contribution in [0.2, 0.25) is 0 Å². The molecule has 9 aliphatic rings. The molecule has 4 aliphatic carbocycles. The van der Waals surface area contributed by atoms with Gasteiger partial charge >= 0.3 is 0 Å². The van der Waals surface area contributed by atoms with Gasteiger partial charge in [-0.25, -0.2) is 0 Å². The van der Waals surface area contributed by atoms with Gasteiger partial charge in [0.25, 0.3) is 0 Å². The monoisotopic (exact) mass is 884 g/mol. The van der Waals surface area contributed by atoms with Crippen LogP contribution in [0.15, 0.2) is 11.6 Å². The van der Waals surface area contributed by atoms with Crippen molar-refractivity contribution in [3.8, 4) is 0 Å². The first-order valence-corrected chi connectivity index (χ1v) is 23.4. The predicted octanol–water partition coefficient (Wildman–Crippen LogP) is 0.214. The molecule has 0 radical (unpaired) electrons. The lowest BCUT2D eigenvalue weighted by molar-refractivity contribution is -0.389. The molecule has 5 aliphatic heterocycles. The molecule has 62 heavy (non-hydrogen) atoms. The van der Waals surface area contributed by atoms with E-state index >= 15 is 0 Å². The molecule has 0 aromatic carbocycles. The van der Waals surface area contributed by atoms with Crippen molar-refractivity contribution in [3.63, 3.8) is 0 Å². The van der Waals surface area contributed by atoms with E-state index in [4.69, 9.17) is 37.9 Å². The van der Waals surface area contributed by atoms with Gasteiger partial charge in [0.1, 0.15) is 67.1 Å². The molecule has 17 nitrogen and oxygen atoms in total. The van der Waals surface area contributed by atoms with E-state index in [1.165, 1.54) is 12.5 Å². The van der Waals surface area contributed by atoms with E-state index < -0.39 is 111 Å². The van der Waals surface area contributed by atoms with E-state index in [0.717, 1.165) is 51.6 Å². The van der Waals surface area contributed by atoms with Crippen LogP contribution < -0.4 is 0 Å². The molecule has 8 fully saturated rings. The summed E-state index contributed by atoms with van der Waals surface area (Å²) in [5.41, 5.74) is 1.48. The van der Waals surface area contributed by atoms with Crippen LogP contribution in [0.5, 0.6) is 0 Å². The minimum Gasteiger partial charge on any atom is -0.394 e. The molecule has 0 aromatic heterocycles. The Morgan fingerprint density at radius 3 is 2.05 bits per heavy atom. The second kappa shape index (κ2) is 17.3. The average Bonchev–Trinajstić information content (AvgIpc) is 3.70. The van der Waals surface area contributed by atoms with Gasteiger partial charge < -0.3 is 83.9 Å². The zero-order valence-electron chi connectivity index (χ0n) is 36.6. The Morgan fingerprint density at radius 1 is 0.677 bits per heavy atom. The second-order valence-corrected chi connectivity index (χ2v) is 21.1. The minimum atomic E-state index is -1.82.